The fraction of sp³-hybridized carbons (Fsp3) is 0.611. The number of aliphatic hydroxyl groups is 2. The summed E-state index contributed by atoms with van der Waals surface area (Å²) in [7, 11) is 8.91. The Labute approximate surface area is 323 Å². The molecule has 0 unspecified atom stereocenters. The molecule has 0 aliphatic carbocycles. The first-order chi connectivity index (χ1) is 24.8. The van der Waals surface area contributed by atoms with Crippen molar-refractivity contribution in [1.29, 1.82) is 0 Å². The van der Waals surface area contributed by atoms with Crippen molar-refractivity contribution >= 4 is 62.8 Å². The minimum absolute atomic E-state index is 0.179. The van der Waals surface area contributed by atoms with E-state index in [4.69, 9.17) is 35.3 Å². The summed E-state index contributed by atoms with van der Waals surface area (Å²) in [6, 6.07) is 2.46. The summed E-state index contributed by atoms with van der Waals surface area (Å²) in [5, 5.41) is 26.4. The number of hydrogen-bond donors (Lipinski definition) is 3. The fourth-order valence-corrected chi connectivity index (χ4v) is 8.14. The maximum atomic E-state index is 14.1. The number of amides is 3. The second kappa shape index (κ2) is 17.2. The number of carbonyl (C=O) groups is 4. The van der Waals surface area contributed by atoms with Crippen molar-refractivity contribution in [2.75, 3.05) is 45.2 Å². The Kier molecular flexibility index (Phi) is 13.9. The van der Waals surface area contributed by atoms with Gasteiger partial charge in [0.2, 0.25) is 17.6 Å². The van der Waals surface area contributed by atoms with E-state index in [9.17, 15) is 29.4 Å². The first kappa shape index (κ1) is 42.7. The molecule has 3 amide bonds. The fourth-order valence-electron chi connectivity index (χ4n) is 6.65. The predicted molar refractivity (Wildman–Crippen MR) is 203 cm³/mol. The molecule has 3 heterocycles. The molecule has 0 radical (unpaired) electrons. The summed E-state index contributed by atoms with van der Waals surface area (Å²) < 4.78 is 28.7. The molecule has 4 rings (SSSR count). The number of hydrogen-bond acceptors (Lipinski definition) is 13. The zero-order valence-corrected chi connectivity index (χ0v) is 33.9. The molecule has 2 fully saturated rings. The second-order valence-corrected chi connectivity index (χ2v) is 16.8. The number of ether oxygens (including phenoxy) is 5. The molecule has 1 aromatic rings. The lowest BCUT2D eigenvalue weighted by Gasteiger charge is -2.42. The van der Waals surface area contributed by atoms with Gasteiger partial charge in [-0.15, -0.1) is 0 Å². The van der Waals surface area contributed by atoms with Crippen LogP contribution < -0.4 is 15.0 Å². The molecule has 14 nitrogen and oxygen atoms in total. The van der Waals surface area contributed by atoms with E-state index in [0.29, 0.717) is 23.6 Å². The van der Waals surface area contributed by atoms with Crippen LogP contribution in [0.2, 0.25) is 5.02 Å². The Morgan fingerprint density at radius 3 is 2.58 bits per heavy atom. The van der Waals surface area contributed by atoms with E-state index in [-0.39, 0.29) is 23.8 Å². The quantitative estimate of drug-likeness (QED) is 0.140. The summed E-state index contributed by atoms with van der Waals surface area (Å²) in [4.78, 5) is 56.2. The number of anilines is 1. The Bertz CT molecular complexity index is 1630. The van der Waals surface area contributed by atoms with E-state index in [0.717, 1.165) is 11.1 Å². The average Bonchev–Trinajstić information content (AvgIpc) is 3.70. The molecule has 4 bridgehead atoms. The molecule has 3 N–H and O–H groups in total. The molecular weight excluding hydrogens is 750 g/mol. The van der Waals surface area contributed by atoms with Crippen molar-refractivity contribution in [1.82, 2.24) is 10.2 Å². The normalized spacial score (nSPS) is 31.0. The Hall–Kier alpha value is -2.99. The van der Waals surface area contributed by atoms with Crippen LogP contribution in [-0.2, 0) is 39.8 Å². The van der Waals surface area contributed by atoms with Crippen LogP contribution >= 0.6 is 33.2 Å². The zero-order chi connectivity index (χ0) is 39.5. The number of allylic oxidation sites excluding steroid dienone is 3. The molecule has 0 spiro atoms. The number of methoxy groups -OCH3 is 2. The van der Waals surface area contributed by atoms with Crippen LogP contribution in [0.5, 0.6) is 5.75 Å². The molecule has 8 atom stereocenters. The van der Waals surface area contributed by atoms with Gasteiger partial charge in [-0.05, 0) is 51.1 Å². The Morgan fingerprint density at radius 2 is 1.94 bits per heavy atom. The van der Waals surface area contributed by atoms with Gasteiger partial charge in [-0.2, -0.15) is 0 Å². The number of halogens is 1. The third kappa shape index (κ3) is 9.11. The highest BCUT2D eigenvalue weighted by Crippen LogP contribution is 2.56. The smallest absolute Gasteiger partial charge is 0.409 e. The molecule has 0 saturated carbocycles. The van der Waals surface area contributed by atoms with Gasteiger partial charge < -0.3 is 43.7 Å². The van der Waals surface area contributed by atoms with Crippen LogP contribution in [0, 0.1) is 5.92 Å². The molecule has 53 heavy (non-hydrogen) atoms. The first-order valence-corrected chi connectivity index (χ1v) is 20.2. The van der Waals surface area contributed by atoms with Gasteiger partial charge in [-0.1, -0.05) is 63.9 Å². The molecule has 0 aromatic heterocycles. The second-order valence-electron chi connectivity index (χ2n) is 13.8. The van der Waals surface area contributed by atoms with Crippen molar-refractivity contribution < 1.29 is 53.1 Å². The van der Waals surface area contributed by atoms with Gasteiger partial charge in [-0.3, -0.25) is 14.9 Å². The van der Waals surface area contributed by atoms with Crippen LogP contribution in [0.15, 0.2) is 35.9 Å². The molecule has 3 aliphatic heterocycles. The van der Waals surface area contributed by atoms with E-state index in [1.807, 2.05) is 19.3 Å². The SMILES string of the molecule is COc1cc2cc(c1Cl)N(C)C(=O)C[C@H](OC(=O)[C@H](C)N(C)C(=O)CCSSC)[C@]1(C)O[C@]1(O)[C@H](C)[C@@H]1C[C@@](O)(NC(=O)O1)[C@H](OC)C=CC=C(C)C2. The van der Waals surface area contributed by atoms with E-state index in [1.165, 1.54) is 73.6 Å². The standard InChI is InChI=1S/C36H50ClN3O11S2/c1-20-11-10-12-27(48-8)35(45)19-26(49-33(44)38-35)21(2)36(46)34(4,51-36)28(50-32(43)22(3)39(5)29(41)13-14-53-52-9)18-30(42)40(6)24-16-23(15-20)17-25(47-7)31(24)37/h10-12,16-17,21-22,26-28,45-46H,13-15,18-19H2,1-9H3,(H,38,44)/t21-,22+,26+,27-,28+,34+,35+,36-/m1/s1. The summed E-state index contributed by atoms with van der Waals surface area (Å²) >= 11 is 6.73. The lowest BCUT2D eigenvalue weighted by atomic mass is 9.81. The van der Waals surface area contributed by atoms with E-state index in [1.54, 1.807) is 31.2 Å². The Balaban J connectivity index is 1.78. The van der Waals surface area contributed by atoms with Crippen LogP contribution in [0.25, 0.3) is 0 Å². The van der Waals surface area contributed by atoms with Gasteiger partial charge in [-0.25, -0.2) is 9.59 Å². The lowest BCUT2D eigenvalue weighted by Crippen LogP contribution is -2.64. The minimum atomic E-state index is -2.11. The van der Waals surface area contributed by atoms with E-state index in [2.05, 4.69) is 5.32 Å². The summed E-state index contributed by atoms with van der Waals surface area (Å²) in [6.07, 6.45) is 2.45. The van der Waals surface area contributed by atoms with Crippen LogP contribution in [0.1, 0.15) is 52.5 Å². The molecule has 2 saturated heterocycles. The largest absolute Gasteiger partial charge is 0.495 e. The zero-order valence-electron chi connectivity index (χ0n) is 31.5. The van der Waals surface area contributed by atoms with Crippen molar-refractivity contribution in [3.63, 3.8) is 0 Å². The van der Waals surface area contributed by atoms with Gasteiger partial charge >= 0.3 is 12.1 Å². The number of esters is 1. The summed E-state index contributed by atoms with van der Waals surface area (Å²) in [5.41, 5.74) is -1.66. The Morgan fingerprint density at radius 1 is 1.25 bits per heavy atom. The van der Waals surface area contributed by atoms with Crippen LogP contribution in [0.4, 0.5) is 10.5 Å². The van der Waals surface area contributed by atoms with Crippen molar-refractivity contribution in [3.8, 4) is 5.75 Å². The molecule has 17 heteroatoms. The van der Waals surface area contributed by atoms with Crippen LogP contribution in [0.3, 0.4) is 0 Å². The highest BCUT2D eigenvalue weighted by atomic mass is 35.5. The van der Waals surface area contributed by atoms with Gasteiger partial charge in [0.1, 0.15) is 35.1 Å². The third-order valence-corrected chi connectivity index (χ3v) is 12.5. The lowest BCUT2D eigenvalue weighted by molar-refractivity contribution is -0.163. The van der Waals surface area contributed by atoms with Gasteiger partial charge in [0.25, 0.3) is 0 Å². The van der Waals surface area contributed by atoms with E-state index >= 15 is 0 Å². The topological polar surface area (TPSA) is 177 Å². The molecule has 294 valence electrons. The number of rotatable bonds is 9. The number of benzene rings is 1. The molecule has 3 aliphatic rings. The number of epoxide rings is 1. The molecule has 1 aromatic carbocycles. The molecular formula is C36H50ClN3O11S2. The number of fused-ring (bicyclic) bond motifs is 5. The summed E-state index contributed by atoms with van der Waals surface area (Å²) in [6.45, 7) is 6.45. The van der Waals surface area contributed by atoms with Gasteiger partial charge in [0.15, 0.2) is 11.3 Å². The maximum absolute atomic E-state index is 14.1. The van der Waals surface area contributed by atoms with Crippen LogP contribution in [-0.4, -0.2) is 121 Å². The van der Waals surface area contributed by atoms with E-state index < -0.39 is 71.8 Å². The number of carbonyl (C=O) groups excluding carboxylic acids is 4. The highest BCUT2D eigenvalue weighted by molar-refractivity contribution is 8.76. The average molecular weight is 800 g/mol. The first-order valence-electron chi connectivity index (χ1n) is 17.1. The highest BCUT2D eigenvalue weighted by Gasteiger charge is 2.76. The maximum Gasteiger partial charge on any atom is 0.409 e. The van der Waals surface area contributed by atoms with Gasteiger partial charge in [0, 0.05) is 39.8 Å². The summed E-state index contributed by atoms with van der Waals surface area (Å²) in [5.74, 6) is -3.89. The predicted octanol–water partition coefficient (Wildman–Crippen LogP) is 4.24. The minimum Gasteiger partial charge on any atom is -0.495 e. The van der Waals surface area contributed by atoms with Crippen molar-refractivity contribution in [2.45, 2.75) is 94.8 Å². The number of likely N-dealkylation sites (N-methyl/N-ethyl adjacent to an activating group) is 1. The number of nitrogens with one attached hydrogen (secondary N) is 1. The number of alkyl carbamates (subject to hydrolysis) is 1. The van der Waals surface area contributed by atoms with Gasteiger partial charge in [0.05, 0.1) is 25.1 Å². The third-order valence-electron chi connectivity index (χ3n) is 10.3. The van der Waals surface area contributed by atoms with Crippen molar-refractivity contribution in [3.05, 3.63) is 46.5 Å². The van der Waals surface area contributed by atoms with Crippen molar-refractivity contribution in [2.24, 2.45) is 5.92 Å². The number of nitrogens with zero attached hydrogens (tertiary/aromatic N) is 2. The monoisotopic (exact) mass is 799 g/mol.